The lowest BCUT2D eigenvalue weighted by atomic mass is 9.85. The van der Waals surface area contributed by atoms with E-state index in [0.29, 0.717) is 24.0 Å². The second kappa shape index (κ2) is 22.1. The van der Waals surface area contributed by atoms with Crippen LogP contribution in [0.4, 0.5) is 10.5 Å². The number of nitro benzene ring substituents is 1. The Morgan fingerprint density at radius 3 is 2.19 bits per heavy atom. The van der Waals surface area contributed by atoms with E-state index in [1.54, 1.807) is 57.0 Å². The Hall–Kier alpha value is -6.22. The quantitative estimate of drug-likeness (QED) is 0.0497. The first-order valence-electron chi connectivity index (χ1n) is 22.4. The number of primary amides is 1. The fourth-order valence-electron chi connectivity index (χ4n) is 8.06. The van der Waals surface area contributed by atoms with Crippen molar-refractivity contribution >= 4 is 45.2 Å². The number of rotatable bonds is 21. The summed E-state index contributed by atoms with van der Waals surface area (Å²) in [6.45, 7) is 9.05. The molecular weight excluding hydrogens is 885 g/mol. The molecule has 4 atom stereocenters. The van der Waals surface area contributed by atoms with Gasteiger partial charge in [-0.15, -0.1) is 0 Å². The molecule has 2 aliphatic heterocycles. The molecule has 5 rings (SSSR count). The minimum atomic E-state index is -4.54. The van der Waals surface area contributed by atoms with Gasteiger partial charge in [-0.2, -0.15) is 0 Å². The Morgan fingerprint density at radius 1 is 0.955 bits per heavy atom. The Kier molecular flexibility index (Phi) is 17.0. The molecule has 0 aliphatic carbocycles. The lowest BCUT2D eigenvalue weighted by Gasteiger charge is -2.45. The number of carbonyl (C=O) groups is 5. The molecule has 20 heteroatoms. The number of amides is 5. The molecule has 0 bridgehead atoms. The maximum atomic E-state index is 15.1. The summed E-state index contributed by atoms with van der Waals surface area (Å²) < 4.78 is 35.3. The van der Waals surface area contributed by atoms with Crippen LogP contribution in [0.15, 0.2) is 88.3 Å². The number of nitrogens with two attached hydrogens (primary N) is 2. The van der Waals surface area contributed by atoms with E-state index in [1.807, 2.05) is 6.92 Å². The number of non-ortho nitro benzene ring substituents is 1. The standard InChI is InChI=1S/C47H62N8O11S/c1-6-7-8-12-37-40(67(64,65)35-23-13-30(2)14-24-35)38(54-44(60)47(49,25-27-53(37)54)28-31-17-21-34(22-18-31)55(62)63)42(58)52-36(11-9-10-26-50-45(61)66-46(3,4)5)39(56)43(59)51-29-32-15-19-33(20-16-32)41(48)57/h13-24,36-37,39,56H,6-12,25-29,49H2,1-5H3,(H2,48,57)(H,50,61)(H,51,59)(H,52,58)/t36-,37?,39?,47?/m0/s1. The molecule has 0 spiro atoms. The van der Waals surface area contributed by atoms with E-state index in [1.165, 1.54) is 48.5 Å². The van der Waals surface area contributed by atoms with E-state index < -0.39 is 79.5 Å². The summed E-state index contributed by atoms with van der Waals surface area (Å²) in [5, 5.41) is 33.7. The van der Waals surface area contributed by atoms with Gasteiger partial charge in [0.05, 0.1) is 26.8 Å². The minimum Gasteiger partial charge on any atom is -0.444 e. The number of aliphatic hydroxyl groups excluding tert-OH is 1. The number of ether oxygens (including phenoxy) is 1. The van der Waals surface area contributed by atoms with Gasteiger partial charge < -0.3 is 37.3 Å². The summed E-state index contributed by atoms with van der Waals surface area (Å²) in [4.78, 5) is 78.1. The summed E-state index contributed by atoms with van der Waals surface area (Å²) in [7, 11) is -4.54. The van der Waals surface area contributed by atoms with Crippen molar-refractivity contribution in [1.82, 2.24) is 26.0 Å². The summed E-state index contributed by atoms with van der Waals surface area (Å²) in [5.74, 6) is -3.38. The van der Waals surface area contributed by atoms with Gasteiger partial charge in [-0.1, -0.05) is 68.1 Å². The van der Waals surface area contributed by atoms with Gasteiger partial charge in [0.2, 0.25) is 15.7 Å². The molecule has 0 aromatic heterocycles. The number of carbonyl (C=O) groups excluding carboxylic acids is 5. The van der Waals surface area contributed by atoms with Crippen LogP contribution in [0.3, 0.4) is 0 Å². The number of aryl methyl sites for hydroxylation is 1. The first-order valence-corrected chi connectivity index (χ1v) is 23.9. The van der Waals surface area contributed by atoms with Crippen LogP contribution in [0.1, 0.15) is 106 Å². The van der Waals surface area contributed by atoms with Crippen LogP contribution in [-0.2, 0) is 41.9 Å². The van der Waals surface area contributed by atoms with Crippen molar-refractivity contribution in [2.75, 3.05) is 13.1 Å². The van der Waals surface area contributed by atoms with Crippen molar-refractivity contribution in [2.45, 2.75) is 133 Å². The molecule has 3 aromatic carbocycles. The van der Waals surface area contributed by atoms with Gasteiger partial charge in [0.1, 0.15) is 16.8 Å². The predicted octanol–water partition coefficient (Wildman–Crippen LogP) is 4.20. The van der Waals surface area contributed by atoms with E-state index in [-0.39, 0.29) is 72.8 Å². The van der Waals surface area contributed by atoms with Gasteiger partial charge in [0, 0.05) is 37.3 Å². The number of nitrogens with one attached hydrogen (secondary N) is 3. The van der Waals surface area contributed by atoms with Gasteiger partial charge in [-0.25, -0.2) is 23.2 Å². The second-order valence-electron chi connectivity index (χ2n) is 18.1. The number of aliphatic hydroxyl groups is 1. The van der Waals surface area contributed by atoms with Crippen LogP contribution in [0.2, 0.25) is 0 Å². The van der Waals surface area contributed by atoms with Crippen molar-refractivity contribution in [3.8, 4) is 0 Å². The molecule has 5 amide bonds. The molecular formula is C47H62N8O11S. The van der Waals surface area contributed by atoms with Gasteiger partial charge in [0.25, 0.3) is 23.4 Å². The zero-order chi connectivity index (χ0) is 49.3. The lowest BCUT2D eigenvalue weighted by Crippen LogP contribution is -2.66. The molecule has 67 heavy (non-hydrogen) atoms. The van der Waals surface area contributed by atoms with Gasteiger partial charge in [-0.3, -0.25) is 29.3 Å². The van der Waals surface area contributed by atoms with Crippen molar-refractivity contribution in [3.63, 3.8) is 0 Å². The molecule has 1 fully saturated rings. The average Bonchev–Trinajstić information content (AvgIpc) is 3.61. The molecule has 8 N–H and O–H groups in total. The Labute approximate surface area is 390 Å². The highest BCUT2D eigenvalue weighted by molar-refractivity contribution is 7.95. The summed E-state index contributed by atoms with van der Waals surface area (Å²) >= 11 is 0. The molecule has 19 nitrogen and oxygen atoms in total. The monoisotopic (exact) mass is 946 g/mol. The van der Waals surface area contributed by atoms with E-state index in [4.69, 9.17) is 16.2 Å². The number of alkyl carbamates (subject to hydrolysis) is 1. The summed E-state index contributed by atoms with van der Waals surface area (Å²) in [6.07, 6.45) is 0.198. The molecule has 362 valence electrons. The fraction of sp³-hybridized carbons (Fsp3) is 0.468. The molecule has 2 heterocycles. The molecule has 3 aromatic rings. The third kappa shape index (κ3) is 13.0. The number of hydrogen-bond acceptors (Lipinski definition) is 13. The number of benzene rings is 3. The zero-order valence-corrected chi connectivity index (χ0v) is 39.4. The highest BCUT2D eigenvalue weighted by Crippen LogP contribution is 2.43. The van der Waals surface area contributed by atoms with Crippen LogP contribution >= 0.6 is 0 Å². The lowest BCUT2D eigenvalue weighted by molar-refractivity contribution is -0.384. The molecule has 2 aliphatic rings. The van der Waals surface area contributed by atoms with Crippen LogP contribution in [0, 0.1) is 17.0 Å². The van der Waals surface area contributed by atoms with Crippen LogP contribution < -0.4 is 27.4 Å². The van der Waals surface area contributed by atoms with Crippen molar-refractivity contribution in [2.24, 2.45) is 11.5 Å². The van der Waals surface area contributed by atoms with Crippen molar-refractivity contribution < 1.29 is 47.2 Å². The van der Waals surface area contributed by atoms with E-state index in [2.05, 4.69) is 16.0 Å². The predicted molar refractivity (Wildman–Crippen MR) is 248 cm³/mol. The summed E-state index contributed by atoms with van der Waals surface area (Å²) in [5.41, 5.74) is 11.3. The van der Waals surface area contributed by atoms with E-state index in [9.17, 15) is 29.6 Å². The minimum absolute atomic E-state index is 0.0421. The fourth-order valence-corrected chi connectivity index (χ4v) is 9.84. The number of hydrogen-bond donors (Lipinski definition) is 6. The highest BCUT2D eigenvalue weighted by atomic mass is 32.2. The van der Waals surface area contributed by atoms with Gasteiger partial charge in [0.15, 0.2) is 6.10 Å². The summed E-state index contributed by atoms with van der Waals surface area (Å²) in [6, 6.07) is 15.4. The topological polar surface area (TPSA) is 287 Å². The smallest absolute Gasteiger partial charge is 0.407 e. The van der Waals surface area contributed by atoms with E-state index >= 15 is 18.0 Å². The van der Waals surface area contributed by atoms with Crippen LogP contribution in [-0.4, -0.2) is 101 Å². The number of fused-ring (bicyclic) bond motifs is 1. The Morgan fingerprint density at radius 2 is 1.60 bits per heavy atom. The maximum Gasteiger partial charge on any atom is 0.407 e. The average molecular weight is 947 g/mol. The molecule has 0 saturated carbocycles. The Bertz CT molecular complexity index is 2440. The normalized spacial score (nSPS) is 18.5. The highest BCUT2D eigenvalue weighted by Gasteiger charge is 2.56. The second-order valence-corrected chi connectivity index (χ2v) is 20.0. The largest absolute Gasteiger partial charge is 0.444 e. The third-order valence-corrected chi connectivity index (χ3v) is 13.6. The Balaban J connectivity index is 1.55. The number of unbranched alkanes of at least 4 members (excludes halogenated alkanes) is 3. The third-order valence-electron chi connectivity index (χ3n) is 11.6. The van der Waals surface area contributed by atoms with Crippen molar-refractivity contribution in [3.05, 3.63) is 116 Å². The molecule has 0 radical (unpaired) electrons. The van der Waals surface area contributed by atoms with Crippen LogP contribution in [0.25, 0.3) is 0 Å². The first-order chi connectivity index (χ1) is 31.6. The number of sulfone groups is 1. The van der Waals surface area contributed by atoms with E-state index in [0.717, 1.165) is 23.4 Å². The van der Waals surface area contributed by atoms with Crippen LogP contribution in [0.5, 0.6) is 0 Å². The zero-order valence-electron chi connectivity index (χ0n) is 38.6. The van der Waals surface area contributed by atoms with Gasteiger partial charge >= 0.3 is 6.09 Å². The number of nitrogens with zero attached hydrogens (tertiary/aromatic N) is 3. The molecule has 3 unspecified atom stereocenters. The van der Waals surface area contributed by atoms with Crippen molar-refractivity contribution in [1.29, 1.82) is 0 Å². The number of nitro groups is 1. The van der Waals surface area contributed by atoms with Gasteiger partial charge in [-0.05, 0) is 102 Å². The first kappa shape index (κ1) is 51.8. The molecule has 1 saturated heterocycles. The number of hydrazine groups is 1. The SMILES string of the molecule is CCCCCC1C(S(=O)(=O)c2ccc(C)cc2)=C(C(=O)N[C@@H](CCCCNC(=O)OC(C)(C)C)C(O)C(=O)NCc2ccc(C(N)=O)cc2)N2C(=O)C(N)(Cc3ccc([N+](=O)[O-])cc3)CCN12. The maximum absolute atomic E-state index is 15.1.